The van der Waals surface area contributed by atoms with Crippen molar-refractivity contribution in [1.29, 1.82) is 0 Å². The van der Waals surface area contributed by atoms with E-state index in [4.69, 9.17) is 2.74 Å². The van der Waals surface area contributed by atoms with E-state index in [0.717, 1.165) is 5.56 Å². The summed E-state index contributed by atoms with van der Waals surface area (Å²) >= 11 is 0. The highest BCUT2D eigenvalue weighted by Gasteiger charge is 2.15. The smallest absolute Gasteiger partial charge is 0.0792 e. The van der Waals surface area contributed by atoms with Crippen LogP contribution in [0.15, 0.2) is 24.3 Å². The fraction of sp³-hybridized carbons (Fsp3) is 0.400. The highest BCUT2D eigenvalue weighted by atomic mass is 16.3. The summed E-state index contributed by atoms with van der Waals surface area (Å²) in [6.45, 7) is 0. The molecule has 1 heteroatoms. The average Bonchev–Trinajstić information content (AvgIpc) is 2.13. The second-order valence-corrected chi connectivity index (χ2v) is 2.82. The molecule has 0 aromatic heterocycles. The van der Waals surface area contributed by atoms with E-state index in [1.54, 1.807) is 12.1 Å². The molecule has 0 aliphatic heterocycles. The summed E-state index contributed by atoms with van der Waals surface area (Å²) in [6.07, 6.45) is -0.828. The number of hydrogen-bond donors (Lipinski definition) is 1. The van der Waals surface area contributed by atoms with Gasteiger partial charge in [0, 0.05) is 2.74 Å². The molecule has 0 radical (unpaired) electrons. The number of benzene rings is 1. The maximum Gasteiger partial charge on any atom is 0.0792 e. The summed E-state index contributed by atoms with van der Waals surface area (Å²) in [5.74, 6) is 0. The summed E-state index contributed by atoms with van der Waals surface area (Å²) in [5, 5.41) is 9.63. The Labute approximate surface area is 69.5 Å². The van der Waals surface area contributed by atoms with Crippen molar-refractivity contribution in [2.45, 2.75) is 25.3 Å². The van der Waals surface area contributed by atoms with Crippen molar-refractivity contribution in [3.63, 3.8) is 0 Å². The number of fused-ring (bicyclic) bond motifs is 1. The maximum atomic E-state index is 9.63. The van der Waals surface area contributed by atoms with Gasteiger partial charge in [0.2, 0.25) is 0 Å². The highest BCUT2D eigenvalue weighted by molar-refractivity contribution is 5.30. The molecule has 1 unspecified atom stereocenters. The van der Waals surface area contributed by atoms with E-state index >= 15 is 0 Å². The van der Waals surface area contributed by atoms with Crippen LogP contribution in [0.5, 0.6) is 0 Å². The molecule has 1 nitrogen and oxygen atoms in total. The monoisotopic (exact) mass is 150 g/mol. The van der Waals surface area contributed by atoms with Gasteiger partial charge in [-0.25, -0.2) is 0 Å². The van der Waals surface area contributed by atoms with Crippen molar-refractivity contribution in [2.24, 2.45) is 0 Å². The van der Waals surface area contributed by atoms with Gasteiger partial charge < -0.3 is 5.11 Å². The van der Waals surface area contributed by atoms with Gasteiger partial charge in [-0.2, -0.15) is 0 Å². The van der Waals surface area contributed by atoms with Gasteiger partial charge in [0.1, 0.15) is 0 Å². The SMILES string of the molecule is [2H]C1([2H])CCC(O)c2ccccc21. The van der Waals surface area contributed by atoms with E-state index in [2.05, 4.69) is 0 Å². The molecule has 0 saturated carbocycles. The van der Waals surface area contributed by atoms with E-state index in [0.29, 0.717) is 18.4 Å². The zero-order valence-corrected chi connectivity index (χ0v) is 6.25. The molecule has 2 rings (SSSR count). The first-order valence-electron chi connectivity index (χ1n) is 4.89. The summed E-state index contributed by atoms with van der Waals surface area (Å²) < 4.78 is 15.5. The zero-order valence-electron chi connectivity index (χ0n) is 8.25. The van der Waals surface area contributed by atoms with Crippen molar-refractivity contribution >= 4 is 0 Å². The molecule has 1 aromatic rings. The number of aliphatic hydroxyl groups is 1. The van der Waals surface area contributed by atoms with E-state index in [-0.39, 0.29) is 0 Å². The van der Waals surface area contributed by atoms with Crippen LogP contribution in [0.25, 0.3) is 0 Å². The van der Waals surface area contributed by atoms with Gasteiger partial charge in [0.25, 0.3) is 0 Å². The standard InChI is InChI=1S/C10H12O/c11-10-7-3-5-8-4-1-2-6-9(8)10/h1-2,4,6,10-11H,3,5,7H2/i5D2. The molecule has 1 atom stereocenters. The highest BCUT2D eigenvalue weighted by Crippen LogP contribution is 2.28. The third-order valence-corrected chi connectivity index (χ3v) is 2.05. The van der Waals surface area contributed by atoms with E-state index in [1.807, 2.05) is 12.1 Å². The van der Waals surface area contributed by atoms with Crippen LogP contribution in [0.1, 0.15) is 32.8 Å². The Morgan fingerprint density at radius 2 is 2.27 bits per heavy atom. The molecule has 0 fully saturated rings. The molecule has 0 heterocycles. The van der Waals surface area contributed by atoms with Crippen molar-refractivity contribution in [1.82, 2.24) is 0 Å². The normalized spacial score (nSPS) is 30.1. The summed E-state index contributed by atoms with van der Waals surface area (Å²) in [4.78, 5) is 0. The van der Waals surface area contributed by atoms with Crippen LogP contribution in [-0.4, -0.2) is 5.11 Å². The van der Waals surface area contributed by atoms with Crippen LogP contribution in [0.4, 0.5) is 0 Å². The van der Waals surface area contributed by atoms with Crippen LogP contribution < -0.4 is 0 Å². The number of aryl methyl sites for hydroxylation is 1. The molecule has 0 spiro atoms. The fourth-order valence-electron chi connectivity index (χ4n) is 1.45. The number of aliphatic hydroxyl groups excluding tert-OH is 1. The quantitative estimate of drug-likeness (QED) is 0.600. The van der Waals surface area contributed by atoms with Gasteiger partial charge in [-0.3, -0.25) is 0 Å². The number of rotatable bonds is 0. The van der Waals surface area contributed by atoms with Crippen LogP contribution in [0.2, 0.25) is 0 Å². The zero-order chi connectivity index (χ0) is 9.47. The Balaban J connectivity index is 2.55. The predicted octanol–water partition coefficient (Wildman–Crippen LogP) is 2.06. The molecule has 1 aromatic carbocycles. The van der Waals surface area contributed by atoms with Gasteiger partial charge in [-0.05, 0) is 30.3 Å². The van der Waals surface area contributed by atoms with Gasteiger partial charge >= 0.3 is 0 Å². The maximum absolute atomic E-state index is 9.63. The molecule has 1 N–H and O–H groups in total. The van der Waals surface area contributed by atoms with Crippen LogP contribution in [0.3, 0.4) is 0 Å². The van der Waals surface area contributed by atoms with Crippen molar-refractivity contribution in [3.05, 3.63) is 35.4 Å². The average molecular weight is 150 g/mol. The van der Waals surface area contributed by atoms with Crippen LogP contribution >= 0.6 is 0 Å². The molecular weight excluding hydrogens is 136 g/mol. The van der Waals surface area contributed by atoms with Crippen molar-refractivity contribution in [2.75, 3.05) is 0 Å². The first kappa shape index (κ1) is 4.94. The topological polar surface area (TPSA) is 20.2 Å². The van der Waals surface area contributed by atoms with E-state index < -0.39 is 12.5 Å². The van der Waals surface area contributed by atoms with Crippen molar-refractivity contribution < 1.29 is 7.85 Å². The Kier molecular flexibility index (Phi) is 1.20. The fourth-order valence-corrected chi connectivity index (χ4v) is 1.45. The molecule has 11 heavy (non-hydrogen) atoms. The Morgan fingerprint density at radius 1 is 1.45 bits per heavy atom. The van der Waals surface area contributed by atoms with E-state index in [9.17, 15) is 5.11 Å². The lowest BCUT2D eigenvalue weighted by atomic mass is 9.90. The lowest BCUT2D eigenvalue weighted by Crippen LogP contribution is -2.08. The molecule has 0 amide bonds. The molecule has 0 saturated heterocycles. The minimum absolute atomic E-state index is 0.408. The second-order valence-electron chi connectivity index (χ2n) is 2.82. The first-order chi connectivity index (χ1) is 6.11. The lowest BCUT2D eigenvalue weighted by Gasteiger charge is -2.20. The first-order valence-corrected chi connectivity index (χ1v) is 3.89. The molecule has 58 valence electrons. The number of hydrogen-bond acceptors (Lipinski definition) is 1. The lowest BCUT2D eigenvalue weighted by molar-refractivity contribution is 0.156. The minimum atomic E-state index is -1.27. The molecule has 1 aliphatic rings. The Bertz CT molecular complexity index is 322. The second kappa shape index (κ2) is 2.67. The van der Waals surface area contributed by atoms with Gasteiger partial charge in [0.05, 0.1) is 6.10 Å². The molecule has 1 aliphatic carbocycles. The summed E-state index contributed by atoms with van der Waals surface area (Å²) in [6, 6.07) is 7.22. The molecular formula is C10H12O. The van der Waals surface area contributed by atoms with Crippen molar-refractivity contribution in [3.8, 4) is 0 Å². The predicted molar refractivity (Wildman–Crippen MR) is 44.3 cm³/mol. The van der Waals surface area contributed by atoms with Crippen LogP contribution in [0, 0.1) is 0 Å². The summed E-state index contributed by atoms with van der Waals surface area (Å²) in [7, 11) is 0. The molecule has 0 bridgehead atoms. The van der Waals surface area contributed by atoms with E-state index in [1.165, 1.54) is 0 Å². The Morgan fingerprint density at radius 3 is 3.09 bits per heavy atom. The van der Waals surface area contributed by atoms with Gasteiger partial charge in [0.15, 0.2) is 0 Å². The third-order valence-electron chi connectivity index (χ3n) is 2.05. The largest absolute Gasteiger partial charge is 0.388 e. The third kappa shape index (κ3) is 1.16. The Hall–Kier alpha value is -0.820. The van der Waals surface area contributed by atoms with Gasteiger partial charge in [-0.15, -0.1) is 0 Å². The summed E-state index contributed by atoms with van der Waals surface area (Å²) in [5.41, 5.74) is 1.40. The van der Waals surface area contributed by atoms with Crippen LogP contribution in [-0.2, 0) is 6.37 Å². The van der Waals surface area contributed by atoms with Gasteiger partial charge in [-0.1, -0.05) is 24.3 Å². The minimum Gasteiger partial charge on any atom is -0.388 e.